The predicted molar refractivity (Wildman–Crippen MR) is 81.7 cm³/mol. The van der Waals surface area contributed by atoms with Crippen molar-refractivity contribution in [2.75, 3.05) is 19.6 Å². The van der Waals surface area contributed by atoms with Gasteiger partial charge in [0.15, 0.2) is 0 Å². The molecule has 1 aromatic heterocycles. The van der Waals surface area contributed by atoms with E-state index >= 15 is 0 Å². The average Bonchev–Trinajstić information content (AvgIpc) is 2.83. The maximum Gasteiger partial charge on any atom is 0.0764 e. The molecule has 2 fully saturated rings. The predicted octanol–water partition coefficient (Wildman–Crippen LogP) is 2.57. The van der Waals surface area contributed by atoms with Gasteiger partial charge >= 0.3 is 0 Å². The standard InChI is InChI=1S/C16H28N4/c1-14-12-19(10-5-9-17-14)13-15-8-11-20(18-15)16-6-3-2-4-7-16/h8,11,14,16-17H,2-7,9-10,12-13H2,1H3. The van der Waals surface area contributed by atoms with Crippen molar-refractivity contribution in [1.29, 1.82) is 0 Å². The van der Waals surface area contributed by atoms with E-state index in [-0.39, 0.29) is 0 Å². The minimum Gasteiger partial charge on any atom is -0.313 e. The van der Waals surface area contributed by atoms with Crippen molar-refractivity contribution in [1.82, 2.24) is 20.0 Å². The highest BCUT2D eigenvalue weighted by Gasteiger charge is 2.18. The van der Waals surface area contributed by atoms with Crippen molar-refractivity contribution >= 4 is 0 Å². The van der Waals surface area contributed by atoms with Crippen molar-refractivity contribution in [2.45, 2.75) is 64.1 Å². The first-order chi connectivity index (χ1) is 9.81. The van der Waals surface area contributed by atoms with Gasteiger partial charge < -0.3 is 5.32 Å². The molecule has 1 aliphatic heterocycles. The quantitative estimate of drug-likeness (QED) is 0.921. The molecule has 1 unspecified atom stereocenters. The van der Waals surface area contributed by atoms with Gasteiger partial charge in [-0.1, -0.05) is 19.3 Å². The molecule has 1 saturated carbocycles. The lowest BCUT2D eigenvalue weighted by Gasteiger charge is -2.23. The Morgan fingerprint density at radius 2 is 2.10 bits per heavy atom. The molecule has 0 spiro atoms. The minimum absolute atomic E-state index is 0.595. The van der Waals surface area contributed by atoms with Crippen LogP contribution in [0.5, 0.6) is 0 Å². The third-order valence-corrected chi connectivity index (χ3v) is 4.67. The molecule has 0 radical (unpaired) electrons. The first-order valence-electron chi connectivity index (χ1n) is 8.31. The summed E-state index contributed by atoms with van der Waals surface area (Å²) >= 11 is 0. The summed E-state index contributed by atoms with van der Waals surface area (Å²) in [6, 6.07) is 3.47. The molecule has 1 aromatic rings. The second-order valence-corrected chi connectivity index (χ2v) is 6.52. The zero-order chi connectivity index (χ0) is 13.8. The van der Waals surface area contributed by atoms with Gasteiger partial charge in [-0.15, -0.1) is 0 Å². The molecule has 0 amide bonds. The topological polar surface area (TPSA) is 33.1 Å². The Morgan fingerprint density at radius 3 is 2.95 bits per heavy atom. The molecule has 2 aliphatic rings. The number of rotatable bonds is 3. The molecule has 112 valence electrons. The van der Waals surface area contributed by atoms with Crippen LogP contribution in [-0.4, -0.2) is 40.4 Å². The van der Waals surface area contributed by atoms with Crippen LogP contribution in [0.1, 0.15) is 57.2 Å². The Balaban J connectivity index is 1.58. The summed E-state index contributed by atoms with van der Waals surface area (Å²) in [4.78, 5) is 2.54. The van der Waals surface area contributed by atoms with E-state index in [1.165, 1.54) is 50.8 Å². The highest BCUT2D eigenvalue weighted by Crippen LogP contribution is 2.27. The van der Waals surface area contributed by atoms with E-state index in [1.54, 1.807) is 0 Å². The molecule has 0 bridgehead atoms. The van der Waals surface area contributed by atoms with Crippen LogP contribution in [-0.2, 0) is 6.54 Å². The van der Waals surface area contributed by atoms with Crippen LogP contribution in [0.2, 0.25) is 0 Å². The first kappa shape index (κ1) is 14.1. The Kier molecular flexibility index (Phi) is 4.73. The molecule has 4 heteroatoms. The van der Waals surface area contributed by atoms with Gasteiger partial charge in [-0.2, -0.15) is 5.10 Å². The fraction of sp³-hybridized carbons (Fsp3) is 0.812. The van der Waals surface area contributed by atoms with Crippen LogP contribution in [0.25, 0.3) is 0 Å². The Hall–Kier alpha value is -0.870. The highest BCUT2D eigenvalue weighted by molar-refractivity contribution is 5.00. The summed E-state index contributed by atoms with van der Waals surface area (Å²) in [5.74, 6) is 0. The summed E-state index contributed by atoms with van der Waals surface area (Å²) in [7, 11) is 0. The second-order valence-electron chi connectivity index (χ2n) is 6.52. The number of hydrogen-bond donors (Lipinski definition) is 1. The molecular formula is C16H28N4. The lowest BCUT2D eigenvalue weighted by Crippen LogP contribution is -2.35. The van der Waals surface area contributed by atoms with Crippen molar-refractivity contribution < 1.29 is 0 Å². The van der Waals surface area contributed by atoms with Gasteiger partial charge in [-0.25, -0.2) is 0 Å². The maximum absolute atomic E-state index is 4.84. The van der Waals surface area contributed by atoms with Gasteiger partial charge in [-0.3, -0.25) is 9.58 Å². The number of nitrogens with one attached hydrogen (secondary N) is 1. The molecular weight excluding hydrogens is 248 g/mol. The van der Waals surface area contributed by atoms with Crippen LogP contribution >= 0.6 is 0 Å². The third kappa shape index (κ3) is 3.61. The lowest BCUT2D eigenvalue weighted by atomic mass is 9.96. The van der Waals surface area contributed by atoms with Gasteiger partial charge in [0.05, 0.1) is 11.7 Å². The SMILES string of the molecule is CC1CN(Cc2ccn(C3CCCCC3)n2)CCCN1. The van der Waals surface area contributed by atoms with Crippen LogP contribution in [0.15, 0.2) is 12.3 Å². The van der Waals surface area contributed by atoms with Crippen molar-refractivity contribution in [3.63, 3.8) is 0 Å². The van der Waals surface area contributed by atoms with E-state index in [0.29, 0.717) is 12.1 Å². The molecule has 1 aliphatic carbocycles. The monoisotopic (exact) mass is 276 g/mol. The summed E-state index contributed by atoms with van der Waals surface area (Å²) in [6.45, 7) is 6.75. The molecule has 2 heterocycles. The van der Waals surface area contributed by atoms with Crippen molar-refractivity contribution in [2.24, 2.45) is 0 Å². The van der Waals surface area contributed by atoms with Gasteiger partial charge in [-0.05, 0) is 45.3 Å². The first-order valence-corrected chi connectivity index (χ1v) is 8.31. The Bertz CT molecular complexity index is 408. The fourth-order valence-electron chi connectivity index (χ4n) is 3.58. The average molecular weight is 276 g/mol. The normalized spacial score (nSPS) is 26.6. The highest BCUT2D eigenvalue weighted by atomic mass is 15.3. The summed E-state index contributed by atoms with van der Waals surface area (Å²) in [5.41, 5.74) is 1.24. The maximum atomic E-state index is 4.84. The van der Waals surface area contributed by atoms with E-state index < -0.39 is 0 Å². The van der Waals surface area contributed by atoms with E-state index in [1.807, 2.05) is 0 Å². The van der Waals surface area contributed by atoms with E-state index in [4.69, 9.17) is 5.10 Å². The number of aromatic nitrogens is 2. The largest absolute Gasteiger partial charge is 0.313 e. The molecule has 3 rings (SSSR count). The van der Waals surface area contributed by atoms with Crippen LogP contribution in [0.4, 0.5) is 0 Å². The Morgan fingerprint density at radius 1 is 1.25 bits per heavy atom. The van der Waals surface area contributed by atoms with E-state index in [2.05, 4.69) is 34.1 Å². The zero-order valence-electron chi connectivity index (χ0n) is 12.7. The molecule has 20 heavy (non-hydrogen) atoms. The smallest absolute Gasteiger partial charge is 0.0764 e. The summed E-state index contributed by atoms with van der Waals surface area (Å²) in [6.07, 6.45) is 10.2. The van der Waals surface area contributed by atoms with Crippen LogP contribution < -0.4 is 5.32 Å². The van der Waals surface area contributed by atoms with Gasteiger partial charge in [0, 0.05) is 25.3 Å². The van der Waals surface area contributed by atoms with Crippen LogP contribution in [0, 0.1) is 0 Å². The number of nitrogens with zero attached hydrogens (tertiary/aromatic N) is 3. The molecule has 1 N–H and O–H groups in total. The van der Waals surface area contributed by atoms with Crippen LogP contribution in [0.3, 0.4) is 0 Å². The summed E-state index contributed by atoms with van der Waals surface area (Å²) < 4.78 is 2.23. The third-order valence-electron chi connectivity index (χ3n) is 4.67. The zero-order valence-corrected chi connectivity index (χ0v) is 12.7. The van der Waals surface area contributed by atoms with Gasteiger partial charge in [0.25, 0.3) is 0 Å². The summed E-state index contributed by atoms with van der Waals surface area (Å²) in [5, 5.41) is 8.39. The van der Waals surface area contributed by atoms with E-state index in [9.17, 15) is 0 Å². The molecule has 0 aromatic carbocycles. The van der Waals surface area contributed by atoms with Gasteiger partial charge in [0.2, 0.25) is 0 Å². The van der Waals surface area contributed by atoms with Crippen molar-refractivity contribution in [3.8, 4) is 0 Å². The van der Waals surface area contributed by atoms with E-state index in [0.717, 1.165) is 19.6 Å². The molecule has 1 saturated heterocycles. The lowest BCUT2D eigenvalue weighted by molar-refractivity contribution is 0.258. The van der Waals surface area contributed by atoms with Gasteiger partial charge in [0.1, 0.15) is 0 Å². The minimum atomic E-state index is 0.595. The second kappa shape index (κ2) is 6.72. The molecule has 4 nitrogen and oxygen atoms in total. The molecule has 1 atom stereocenters. The number of hydrogen-bond acceptors (Lipinski definition) is 3. The van der Waals surface area contributed by atoms with Crippen molar-refractivity contribution in [3.05, 3.63) is 18.0 Å². The fourth-order valence-corrected chi connectivity index (χ4v) is 3.58. The Labute approximate surface area is 122 Å².